The van der Waals surface area contributed by atoms with E-state index >= 15 is 0 Å². The predicted octanol–water partition coefficient (Wildman–Crippen LogP) is 4.95. The quantitative estimate of drug-likeness (QED) is 0.804. The molecule has 2 aromatic carbocycles. The molecule has 0 fully saturated rings. The second kappa shape index (κ2) is 7.11. The molecule has 2 aromatic rings. The minimum Gasteiger partial charge on any atom is -0.457 e. The number of ether oxygens (including phenoxy) is 1. The van der Waals surface area contributed by atoms with Gasteiger partial charge < -0.3 is 9.84 Å². The Balaban J connectivity index is 2.06. The Hall–Kier alpha value is -1.80. The highest BCUT2D eigenvalue weighted by Crippen LogP contribution is 2.29. The van der Waals surface area contributed by atoms with E-state index in [4.69, 9.17) is 4.74 Å². The molecule has 0 aliphatic carbocycles. The van der Waals surface area contributed by atoms with Crippen molar-refractivity contribution in [3.05, 3.63) is 60.2 Å². The van der Waals surface area contributed by atoms with Gasteiger partial charge in [0.1, 0.15) is 11.5 Å². The van der Waals surface area contributed by atoms with Gasteiger partial charge in [0, 0.05) is 0 Å². The van der Waals surface area contributed by atoms with Gasteiger partial charge >= 0.3 is 0 Å². The van der Waals surface area contributed by atoms with E-state index in [1.807, 2.05) is 54.6 Å². The number of hydrogen-bond donors (Lipinski definition) is 1. The number of para-hydroxylation sites is 1. The van der Waals surface area contributed by atoms with Crippen molar-refractivity contribution < 1.29 is 9.84 Å². The van der Waals surface area contributed by atoms with Crippen molar-refractivity contribution in [2.45, 2.75) is 32.8 Å². The van der Waals surface area contributed by atoms with E-state index in [1.165, 1.54) is 0 Å². The summed E-state index contributed by atoms with van der Waals surface area (Å²) in [5.41, 5.74) is 0.958. The lowest BCUT2D eigenvalue weighted by Crippen LogP contribution is -2.10. The third-order valence-electron chi connectivity index (χ3n) is 3.70. The van der Waals surface area contributed by atoms with Crippen LogP contribution in [0.25, 0.3) is 0 Å². The topological polar surface area (TPSA) is 29.5 Å². The van der Waals surface area contributed by atoms with Gasteiger partial charge in [0.2, 0.25) is 0 Å². The van der Waals surface area contributed by atoms with Gasteiger partial charge in [-0.2, -0.15) is 0 Å². The zero-order chi connectivity index (χ0) is 14.4. The first-order valence-corrected chi connectivity index (χ1v) is 7.25. The first-order chi connectivity index (χ1) is 9.74. The summed E-state index contributed by atoms with van der Waals surface area (Å²) in [5.74, 6) is 1.92. The van der Waals surface area contributed by atoms with E-state index in [-0.39, 0.29) is 0 Å². The average Bonchev–Trinajstić information content (AvgIpc) is 2.50. The van der Waals surface area contributed by atoms with Crippen LogP contribution in [-0.2, 0) is 0 Å². The number of aliphatic hydroxyl groups is 1. The molecule has 2 heteroatoms. The molecule has 1 unspecified atom stereocenters. The number of benzene rings is 2. The molecule has 0 spiro atoms. The Morgan fingerprint density at radius 1 is 0.850 bits per heavy atom. The van der Waals surface area contributed by atoms with E-state index in [0.717, 1.165) is 29.9 Å². The van der Waals surface area contributed by atoms with Crippen LogP contribution in [0, 0.1) is 5.92 Å². The van der Waals surface area contributed by atoms with Crippen LogP contribution in [0.15, 0.2) is 54.6 Å². The average molecular weight is 270 g/mol. The Morgan fingerprint density at radius 3 is 1.95 bits per heavy atom. The highest BCUT2D eigenvalue weighted by atomic mass is 16.5. The van der Waals surface area contributed by atoms with Gasteiger partial charge in [-0.05, 0) is 35.7 Å². The lowest BCUT2D eigenvalue weighted by molar-refractivity contribution is 0.103. The summed E-state index contributed by atoms with van der Waals surface area (Å²) < 4.78 is 5.74. The van der Waals surface area contributed by atoms with Gasteiger partial charge in [0.15, 0.2) is 0 Å². The molecular weight excluding hydrogens is 248 g/mol. The normalized spacial score (nSPS) is 12.4. The summed E-state index contributed by atoms with van der Waals surface area (Å²) in [6, 6.07) is 17.4. The molecule has 2 rings (SSSR count). The summed E-state index contributed by atoms with van der Waals surface area (Å²) >= 11 is 0. The zero-order valence-corrected chi connectivity index (χ0v) is 12.1. The summed E-state index contributed by atoms with van der Waals surface area (Å²) in [4.78, 5) is 0. The molecule has 0 aliphatic heterocycles. The fourth-order valence-corrected chi connectivity index (χ4v) is 2.37. The third-order valence-corrected chi connectivity index (χ3v) is 3.70. The predicted molar refractivity (Wildman–Crippen MR) is 82.0 cm³/mol. The standard InChI is InChI=1S/C18H22O2/c1-3-14(4-2)18(19)15-10-12-17(13-11-15)20-16-8-6-5-7-9-16/h5-14,18-19H,3-4H2,1-2H3. The highest BCUT2D eigenvalue weighted by Gasteiger charge is 2.17. The van der Waals surface area contributed by atoms with Crippen LogP contribution in [0.3, 0.4) is 0 Å². The van der Waals surface area contributed by atoms with Gasteiger partial charge in [-0.25, -0.2) is 0 Å². The molecule has 0 amide bonds. The summed E-state index contributed by atoms with van der Waals surface area (Å²) in [6.45, 7) is 4.23. The van der Waals surface area contributed by atoms with Crippen LogP contribution in [0.1, 0.15) is 38.4 Å². The molecule has 2 nitrogen and oxygen atoms in total. The Kier molecular flexibility index (Phi) is 5.19. The number of aliphatic hydroxyl groups excluding tert-OH is 1. The van der Waals surface area contributed by atoms with Gasteiger partial charge in [-0.15, -0.1) is 0 Å². The first-order valence-electron chi connectivity index (χ1n) is 7.25. The molecule has 0 radical (unpaired) electrons. The fraction of sp³-hybridized carbons (Fsp3) is 0.333. The molecule has 0 aliphatic rings. The maximum absolute atomic E-state index is 10.3. The van der Waals surface area contributed by atoms with Gasteiger partial charge in [-0.3, -0.25) is 0 Å². The van der Waals surface area contributed by atoms with E-state index in [2.05, 4.69) is 13.8 Å². The minimum atomic E-state index is -0.393. The van der Waals surface area contributed by atoms with Gasteiger partial charge in [0.05, 0.1) is 6.10 Å². The molecule has 20 heavy (non-hydrogen) atoms. The number of rotatable bonds is 6. The molecule has 0 saturated carbocycles. The van der Waals surface area contributed by atoms with E-state index in [9.17, 15) is 5.11 Å². The van der Waals surface area contributed by atoms with Crippen molar-refractivity contribution in [1.29, 1.82) is 0 Å². The van der Waals surface area contributed by atoms with Crippen molar-refractivity contribution in [2.75, 3.05) is 0 Å². The monoisotopic (exact) mass is 270 g/mol. The minimum absolute atomic E-state index is 0.316. The van der Waals surface area contributed by atoms with Crippen molar-refractivity contribution in [1.82, 2.24) is 0 Å². The molecule has 0 aromatic heterocycles. The molecular formula is C18H22O2. The second-order valence-electron chi connectivity index (χ2n) is 5.01. The van der Waals surface area contributed by atoms with Crippen LogP contribution in [0.5, 0.6) is 11.5 Å². The largest absolute Gasteiger partial charge is 0.457 e. The van der Waals surface area contributed by atoms with Crippen LogP contribution in [0.2, 0.25) is 0 Å². The lowest BCUT2D eigenvalue weighted by Gasteiger charge is -2.20. The number of hydrogen-bond acceptors (Lipinski definition) is 2. The maximum atomic E-state index is 10.3. The summed E-state index contributed by atoms with van der Waals surface area (Å²) in [6.07, 6.45) is 1.58. The van der Waals surface area contributed by atoms with Gasteiger partial charge in [0.25, 0.3) is 0 Å². The van der Waals surface area contributed by atoms with Crippen LogP contribution in [-0.4, -0.2) is 5.11 Å². The molecule has 0 heterocycles. The molecule has 1 N–H and O–H groups in total. The van der Waals surface area contributed by atoms with Crippen molar-refractivity contribution in [2.24, 2.45) is 5.92 Å². The lowest BCUT2D eigenvalue weighted by atomic mass is 9.91. The van der Waals surface area contributed by atoms with Crippen molar-refractivity contribution in [3.8, 4) is 11.5 Å². The molecule has 0 saturated heterocycles. The molecule has 106 valence electrons. The van der Waals surface area contributed by atoms with Crippen molar-refractivity contribution in [3.63, 3.8) is 0 Å². The Labute approximate surface area is 121 Å². The highest BCUT2D eigenvalue weighted by molar-refractivity contribution is 5.33. The Bertz CT molecular complexity index is 501. The summed E-state index contributed by atoms with van der Waals surface area (Å²) in [5, 5.41) is 10.3. The van der Waals surface area contributed by atoms with E-state index in [0.29, 0.717) is 5.92 Å². The third kappa shape index (κ3) is 3.61. The van der Waals surface area contributed by atoms with Crippen molar-refractivity contribution >= 4 is 0 Å². The van der Waals surface area contributed by atoms with Gasteiger partial charge in [-0.1, -0.05) is 57.0 Å². The molecule has 0 bridgehead atoms. The van der Waals surface area contributed by atoms with Crippen LogP contribution < -0.4 is 4.74 Å². The van der Waals surface area contributed by atoms with Crippen LogP contribution >= 0.6 is 0 Å². The zero-order valence-electron chi connectivity index (χ0n) is 12.1. The Morgan fingerprint density at radius 2 is 1.40 bits per heavy atom. The smallest absolute Gasteiger partial charge is 0.127 e. The maximum Gasteiger partial charge on any atom is 0.127 e. The SMILES string of the molecule is CCC(CC)C(O)c1ccc(Oc2ccccc2)cc1. The van der Waals surface area contributed by atoms with E-state index in [1.54, 1.807) is 0 Å². The first kappa shape index (κ1) is 14.6. The fourth-order valence-electron chi connectivity index (χ4n) is 2.37. The molecule has 1 atom stereocenters. The van der Waals surface area contributed by atoms with Crippen LogP contribution in [0.4, 0.5) is 0 Å². The second-order valence-corrected chi connectivity index (χ2v) is 5.01. The summed E-state index contributed by atoms with van der Waals surface area (Å²) in [7, 11) is 0. The van der Waals surface area contributed by atoms with E-state index < -0.39 is 6.10 Å².